The summed E-state index contributed by atoms with van der Waals surface area (Å²) in [6.07, 6.45) is 2.33. The predicted molar refractivity (Wildman–Crippen MR) is 60.3 cm³/mol. The van der Waals surface area contributed by atoms with Crippen LogP contribution in [0.1, 0.15) is 12.8 Å². The van der Waals surface area contributed by atoms with Crippen LogP contribution in [-0.2, 0) is 4.74 Å². The molecule has 0 amide bonds. The van der Waals surface area contributed by atoms with Gasteiger partial charge in [0.25, 0.3) is 0 Å². The van der Waals surface area contributed by atoms with Gasteiger partial charge in [0.2, 0.25) is 0 Å². The molecular weight excluding hydrogens is 214 g/mol. The molecule has 0 spiro atoms. The SMILES string of the molecule is Nc1cccc(Cl)c1OCC1CCCO1. The lowest BCUT2D eigenvalue weighted by atomic mass is 10.2. The number of para-hydroxylation sites is 1. The highest BCUT2D eigenvalue weighted by Crippen LogP contribution is 2.31. The number of benzene rings is 1. The van der Waals surface area contributed by atoms with Gasteiger partial charge < -0.3 is 15.2 Å². The first-order valence-corrected chi connectivity index (χ1v) is 5.43. The summed E-state index contributed by atoms with van der Waals surface area (Å²) >= 11 is 5.97. The van der Waals surface area contributed by atoms with Crippen LogP contribution in [0.4, 0.5) is 5.69 Å². The van der Waals surface area contributed by atoms with Crippen molar-refractivity contribution in [3.05, 3.63) is 23.2 Å². The Bertz CT molecular complexity index is 317. The van der Waals surface area contributed by atoms with E-state index in [1.54, 1.807) is 18.2 Å². The minimum absolute atomic E-state index is 0.181. The highest BCUT2D eigenvalue weighted by Gasteiger charge is 2.17. The Balaban J connectivity index is 1.97. The van der Waals surface area contributed by atoms with Gasteiger partial charge in [-0.3, -0.25) is 0 Å². The molecule has 15 heavy (non-hydrogen) atoms. The molecule has 0 aliphatic carbocycles. The number of nitrogen functional groups attached to an aromatic ring is 1. The standard InChI is InChI=1S/C11H14ClNO2/c12-9-4-1-5-10(13)11(9)15-7-8-3-2-6-14-8/h1,4-5,8H,2-3,6-7,13H2. The zero-order valence-corrected chi connectivity index (χ0v) is 9.17. The van der Waals surface area contributed by atoms with Crippen molar-refractivity contribution in [2.75, 3.05) is 18.9 Å². The molecule has 82 valence electrons. The Morgan fingerprint density at radius 3 is 3.07 bits per heavy atom. The summed E-state index contributed by atoms with van der Waals surface area (Å²) in [5.41, 5.74) is 6.33. The fraction of sp³-hybridized carbons (Fsp3) is 0.455. The van der Waals surface area contributed by atoms with Gasteiger partial charge in [-0.15, -0.1) is 0 Å². The Kier molecular flexibility index (Phi) is 3.34. The highest BCUT2D eigenvalue weighted by molar-refractivity contribution is 6.32. The lowest BCUT2D eigenvalue weighted by molar-refractivity contribution is 0.0682. The molecule has 0 aromatic heterocycles. The zero-order chi connectivity index (χ0) is 10.7. The van der Waals surface area contributed by atoms with E-state index < -0.39 is 0 Å². The van der Waals surface area contributed by atoms with E-state index in [1.807, 2.05) is 0 Å². The van der Waals surface area contributed by atoms with Crippen LogP contribution in [0.3, 0.4) is 0 Å². The number of halogens is 1. The molecule has 2 rings (SSSR count). The molecule has 4 heteroatoms. The maximum Gasteiger partial charge on any atom is 0.160 e. The van der Waals surface area contributed by atoms with Crippen molar-refractivity contribution in [3.63, 3.8) is 0 Å². The summed E-state index contributed by atoms with van der Waals surface area (Å²) in [6, 6.07) is 5.34. The lowest BCUT2D eigenvalue weighted by Gasteiger charge is -2.13. The van der Waals surface area contributed by atoms with Crippen LogP contribution >= 0.6 is 11.6 Å². The Morgan fingerprint density at radius 2 is 2.40 bits per heavy atom. The monoisotopic (exact) mass is 227 g/mol. The second-order valence-electron chi connectivity index (χ2n) is 3.60. The maximum atomic E-state index is 5.97. The van der Waals surface area contributed by atoms with Crippen molar-refractivity contribution < 1.29 is 9.47 Å². The summed E-state index contributed by atoms with van der Waals surface area (Å²) in [7, 11) is 0. The van der Waals surface area contributed by atoms with E-state index in [0.29, 0.717) is 23.1 Å². The van der Waals surface area contributed by atoms with Crippen LogP contribution < -0.4 is 10.5 Å². The zero-order valence-electron chi connectivity index (χ0n) is 8.41. The molecule has 1 saturated heterocycles. The molecule has 0 bridgehead atoms. The molecular formula is C11H14ClNO2. The molecule has 1 aliphatic rings. The molecule has 1 heterocycles. The van der Waals surface area contributed by atoms with E-state index in [9.17, 15) is 0 Å². The van der Waals surface area contributed by atoms with E-state index in [0.717, 1.165) is 19.4 Å². The normalized spacial score (nSPS) is 20.5. The number of anilines is 1. The van der Waals surface area contributed by atoms with Gasteiger partial charge in [-0.25, -0.2) is 0 Å². The quantitative estimate of drug-likeness (QED) is 0.807. The number of rotatable bonds is 3. The van der Waals surface area contributed by atoms with Gasteiger partial charge in [-0.1, -0.05) is 17.7 Å². The first kappa shape index (κ1) is 10.6. The number of nitrogens with two attached hydrogens (primary N) is 1. The third-order valence-corrected chi connectivity index (χ3v) is 2.73. The third-order valence-electron chi connectivity index (χ3n) is 2.43. The molecule has 1 atom stereocenters. The van der Waals surface area contributed by atoms with Crippen molar-refractivity contribution in [1.29, 1.82) is 0 Å². The van der Waals surface area contributed by atoms with Crippen LogP contribution in [0.5, 0.6) is 5.75 Å². The largest absolute Gasteiger partial charge is 0.487 e. The van der Waals surface area contributed by atoms with E-state index in [1.165, 1.54) is 0 Å². The Labute approximate surface area is 94.1 Å². The van der Waals surface area contributed by atoms with Crippen LogP contribution in [-0.4, -0.2) is 19.3 Å². The molecule has 1 aromatic carbocycles. The molecule has 0 saturated carbocycles. The third kappa shape index (κ3) is 2.55. The van der Waals surface area contributed by atoms with Crippen molar-refractivity contribution in [2.24, 2.45) is 0 Å². The van der Waals surface area contributed by atoms with Crippen molar-refractivity contribution >= 4 is 17.3 Å². The first-order valence-electron chi connectivity index (χ1n) is 5.06. The number of hydrogen-bond acceptors (Lipinski definition) is 3. The second kappa shape index (κ2) is 4.73. The summed E-state index contributed by atoms with van der Waals surface area (Å²) in [6.45, 7) is 1.35. The van der Waals surface area contributed by atoms with Crippen LogP contribution in [0.15, 0.2) is 18.2 Å². The van der Waals surface area contributed by atoms with E-state index in [4.69, 9.17) is 26.8 Å². The molecule has 2 N–H and O–H groups in total. The minimum Gasteiger partial charge on any atom is -0.487 e. The fourth-order valence-corrected chi connectivity index (χ4v) is 1.87. The summed E-state index contributed by atoms with van der Waals surface area (Å²) in [5.74, 6) is 0.565. The molecule has 0 radical (unpaired) electrons. The molecule has 1 fully saturated rings. The Morgan fingerprint density at radius 1 is 1.53 bits per heavy atom. The average Bonchev–Trinajstić information content (AvgIpc) is 2.70. The van der Waals surface area contributed by atoms with Gasteiger partial charge in [0.1, 0.15) is 6.61 Å². The lowest BCUT2D eigenvalue weighted by Crippen LogP contribution is -2.16. The molecule has 1 aliphatic heterocycles. The maximum absolute atomic E-state index is 5.97. The smallest absolute Gasteiger partial charge is 0.160 e. The fourth-order valence-electron chi connectivity index (χ4n) is 1.63. The van der Waals surface area contributed by atoms with Crippen LogP contribution in [0.25, 0.3) is 0 Å². The van der Waals surface area contributed by atoms with Crippen LogP contribution in [0.2, 0.25) is 5.02 Å². The Hall–Kier alpha value is -0.930. The summed E-state index contributed by atoms with van der Waals surface area (Å²) in [5, 5.41) is 0.549. The van der Waals surface area contributed by atoms with Crippen LogP contribution in [0, 0.1) is 0 Å². The van der Waals surface area contributed by atoms with Gasteiger partial charge >= 0.3 is 0 Å². The van der Waals surface area contributed by atoms with Crippen molar-refractivity contribution in [2.45, 2.75) is 18.9 Å². The van der Waals surface area contributed by atoms with E-state index in [-0.39, 0.29) is 6.10 Å². The van der Waals surface area contributed by atoms with E-state index in [2.05, 4.69) is 0 Å². The van der Waals surface area contributed by atoms with Gasteiger partial charge in [-0.05, 0) is 25.0 Å². The van der Waals surface area contributed by atoms with Gasteiger partial charge in [0.15, 0.2) is 5.75 Å². The number of ether oxygens (including phenoxy) is 2. The summed E-state index contributed by atoms with van der Waals surface area (Å²) in [4.78, 5) is 0. The predicted octanol–water partition coefficient (Wildman–Crippen LogP) is 2.48. The minimum atomic E-state index is 0.181. The van der Waals surface area contributed by atoms with E-state index >= 15 is 0 Å². The van der Waals surface area contributed by atoms with Crippen molar-refractivity contribution in [1.82, 2.24) is 0 Å². The van der Waals surface area contributed by atoms with Gasteiger partial charge in [0, 0.05) is 6.61 Å². The van der Waals surface area contributed by atoms with Gasteiger partial charge in [-0.2, -0.15) is 0 Å². The average molecular weight is 228 g/mol. The van der Waals surface area contributed by atoms with Crippen molar-refractivity contribution in [3.8, 4) is 5.75 Å². The number of hydrogen-bond donors (Lipinski definition) is 1. The highest BCUT2D eigenvalue weighted by atomic mass is 35.5. The van der Waals surface area contributed by atoms with Gasteiger partial charge in [0.05, 0.1) is 16.8 Å². The molecule has 3 nitrogen and oxygen atoms in total. The summed E-state index contributed by atoms with van der Waals surface area (Å²) < 4.78 is 11.0. The molecule has 1 aromatic rings. The second-order valence-corrected chi connectivity index (χ2v) is 4.01. The topological polar surface area (TPSA) is 44.5 Å². The molecule has 1 unspecified atom stereocenters. The first-order chi connectivity index (χ1) is 7.27.